The average molecular weight is 211 g/mol. The Labute approximate surface area is 83.7 Å². The first-order valence-corrected chi connectivity index (χ1v) is 4.39. The van der Waals surface area contributed by atoms with Crippen LogP contribution in [0.2, 0.25) is 0 Å². The zero-order valence-electron chi connectivity index (χ0n) is 7.73. The normalized spacial score (nSPS) is 19.7. The molecule has 1 aromatic rings. The van der Waals surface area contributed by atoms with E-state index >= 15 is 0 Å². The summed E-state index contributed by atoms with van der Waals surface area (Å²) < 4.78 is 6.13. The molecule has 1 aliphatic heterocycles. The highest BCUT2D eigenvalue weighted by Gasteiger charge is 2.22. The number of nitrogens with zero attached hydrogens (tertiary/aromatic N) is 1. The predicted octanol–water partition coefficient (Wildman–Crippen LogP) is -1.36. The highest BCUT2D eigenvalue weighted by Crippen LogP contribution is 2.01. The molecular formula is C8H9N3O4. The van der Waals surface area contributed by atoms with Gasteiger partial charge in [-0.1, -0.05) is 0 Å². The molecule has 0 aliphatic carbocycles. The van der Waals surface area contributed by atoms with Crippen LogP contribution in [0.25, 0.3) is 0 Å². The summed E-state index contributed by atoms with van der Waals surface area (Å²) >= 11 is 0. The summed E-state index contributed by atoms with van der Waals surface area (Å²) in [7, 11) is 0. The van der Waals surface area contributed by atoms with Crippen molar-refractivity contribution in [3.8, 4) is 0 Å². The van der Waals surface area contributed by atoms with E-state index < -0.39 is 17.3 Å². The monoisotopic (exact) mass is 211 g/mol. The molecule has 2 N–H and O–H groups in total. The molecule has 7 heteroatoms. The van der Waals surface area contributed by atoms with Gasteiger partial charge in [0.15, 0.2) is 0 Å². The number of hydrogen-bond donors (Lipinski definition) is 2. The smallest absolute Gasteiger partial charge is 0.407 e. The fraction of sp³-hybridized carbons (Fsp3) is 0.375. The van der Waals surface area contributed by atoms with Crippen LogP contribution in [0.5, 0.6) is 0 Å². The number of H-pyrrole nitrogens is 1. The van der Waals surface area contributed by atoms with E-state index in [1.165, 1.54) is 16.8 Å². The highest BCUT2D eigenvalue weighted by atomic mass is 16.6. The molecule has 1 atom stereocenters. The second-order valence-electron chi connectivity index (χ2n) is 3.17. The molecular weight excluding hydrogens is 202 g/mol. The lowest BCUT2D eigenvalue weighted by Crippen LogP contribution is -2.33. The number of alkyl carbamates (subject to hydrolysis) is 1. The fourth-order valence-electron chi connectivity index (χ4n) is 1.34. The van der Waals surface area contributed by atoms with Gasteiger partial charge < -0.3 is 10.1 Å². The number of carbonyl (C=O) groups is 1. The Morgan fingerprint density at radius 3 is 2.87 bits per heavy atom. The lowest BCUT2D eigenvalue weighted by atomic mass is 10.3. The maximum Gasteiger partial charge on any atom is 0.407 e. The Morgan fingerprint density at radius 1 is 1.47 bits per heavy atom. The van der Waals surface area contributed by atoms with Crippen LogP contribution in [-0.2, 0) is 11.3 Å². The van der Waals surface area contributed by atoms with Gasteiger partial charge >= 0.3 is 11.8 Å². The summed E-state index contributed by atoms with van der Waals surface area (Å²) in [4.78, 5) is 34.8. The van der Waals surface area contributed by atoms with Crippen LogP contribution >= 0.6 is 0 Å². The molecule has 0 spiro atoms. The largest absolute Gasteiger partial charge is 0.442 e. The Hall–Kier alpha value is -2.05. The van der Waals surface area contributed by atoms with Crippen LogP contribution in [0.3, 0.4) is 0 Å². The molecule has 0 radical (unpaired) electrons. The SMILES string of the molecule is O=C1NCC(Cn2ccc(=O)[nH]c2=O)O1. The number of cyclic esters (lactones) is 1. The fourth-order valence-corrected chi connectivity index (χ4v) is 1.34. The third-order valence-corrected chi connectivity index (χ3v) is 2.04. The quantitative estimate of drug-likeness (QED) is 0.632. The van der Waals surface area contributed by atoms with E-state index in [-0.39, 0.29) is 12.6 Å². The minimum Gasteiger partial charge on any atom is -0.442 e. The highest BCUT2D eigenvalue weighted by molar-refractivity contribution is 5.69. The summed E-state index contributed by atoms with van der Waals surface area (Å²) in [6.07, 6.45) is 0.506. The Morgan fingerprint density at radius 2 is 2.27 bits per heavy atom. The van der Waals surface area contributed by atoms with Crippen LogP contribution in [-0.4, -0.2) is 28.3 Å². The van der Waals surface area contributed by atoms with Crippen LogP contribution < -0.4 is 16.6 Å². The minimum atomic E-state index is -0.509. The van der Waals surface area contributed by atoms with Crippen LogP contribution in [0.15, 0.2) is 21.9 Å². The van der Waals surface area contributed by atoms with Gasteiger partial charge in [0, 0.05) is 12.3 Å². The van der Waals surface area contributed by atoms with Gasteiger partial charge in [-0.3, -0.25) is 14.3 Å². The predicted molar refractivity (Wildman–Crippen MR) is 49.6 cm³/mol. The Bertz CT molecular complexity index is 489. The van der Waals surface area contributed by atoms with Crippen molar-refractivity contribution in [2.45, 2.75) is 12.6 Å². The molecule has 1 aromatic heterocycles. The maximum absolute atomic E-state index is 11.3. The first-order valence-electron chi connectivity index (χ1n) is 4.39. The molecule has 0 saturated carbocycles. The van der Waals surface area contributed by atoms with Gasteiger partial charge in [-0.2, -0.15) is 0 Å². The zero-order chi connectivity index (χ0) is 10.8. The van der Waals surface area contributed by atoms with E-state index in [2.05, 4.69) is 10.3 Å². The standard InChI is InChI=1S/C8H9N3O4/c12-6-1-2-11(7(13)10-6)4-5-3-9-8(14)15-5/h1-2,5H,3-4H2,(H,9,14)(H,10,12,13). The van der Waals surface area contributed by atoms with Crippen LogP contribution in [0.4, 0.5) is 4.79 Å². The minimum absolute atomic E-state index is 0.231. The molecule has 15 heavy (non-hydrogen) atoms. The van der Waals surface area contributed by atoms with E-state index in [4.69, 9.17) is 4.74 Å². The van der Waals surface area contributed by atoms with E-state index in [1.54, 1.807) is 0 Å². The number of amides is 1. The van der Waals surface area contributed by atoms with Crippen molar-refractivity contribution >= 4 is 6.09 Å². The van der Waals surface area contributed by atoms with Gasteiger partial charge in [-0.25, -0.2) is 9.59 Å². The van der Waals surface area contributed by atoms with E-state index in [0.29, 0.717) is 6.54 Å². The van der Waals surface area contributed by atoms with Gasteiger partial charge in [0.25, 0.3) is 5.56 Å². The number of nitrogens with one attached hydrogen (secondary N) is 2. The van der Waals surface area contributed by atoms with Crippen molar-refractivity contribution in [3.05, 3.63) is 33.1 Å². The zero-order valence-corrected chi connectivity index (χ0v) is 7.73. The lowest BCUT2D eigenvalue weighted by Gasteiger charge is -2.08. The molecule has 2 heterocycles. The molecule has 80 valence electrons. The second-order valence-corrected chi connectivity index (χ2v) is 3.17. The van der Waals surface area contributed by atoms with Crippen molar-refractivity contribution in [1.29, 1.82) is 0 Å². The van der Waals surface area contributed by atoms with Gasteiger partial charge in [0.05, 0.1) is 13.1 Å². The molecule has 0 aromatic carbocycles. The summed E-state index contributed by atoms with van der Waals surface area (Å²) in [5, 5.41) is 2.47. The number of aromatic nitrogens is 2. The molecule has 1 unspecified atom stereocenters. The number of ether oxygens (including phenoxy) is 1. The topological polar surface area (TPSA) is 93.2 Å². The average Bonchev–Trinajstić information content (AvgIpc) is 2.56. The van der Waals surface area contributed by atoms with Crippen molar-refractivity contribution in [1.82, 2.24) is 14.9 Å². The third kappa shape index (κ3) is 2.06. The molecule has 2 rings (SSSR count). The van der Waals surface area contributed by atoms with Crippen LogP contribution in [0, 0.1) is 0 Å². The summed E-state index contributed by atoms with van der Waals surface area (Å²) in [6, 6.07) is 1.24. The Kier molecular flexibility index (Phi) is 2.28. The summed E-state index contributed by atoms with van der Waals surface area (Å²) in [6.45, 7) is 0.596. The van der Waals surface area contributed by atoms with Crippen molar-refractivity contribution in [3.63, 3.8) is 0 Å². The van der Waals surface area contributed by atoms with E-state index in [9.17, 15) is 14.4 Å². The molecule has 1 amide bonds. The lowest BCUT2D eigenvalue weighted by molar-refractivity contribution is 0.130. The second kappa shape index (κ2) is 3.60. The van der Waals surface area contributed by atoms with Gasteiger partial charge in [0.2, 0.25) is 0 Å². The van der Waals surface area contributed by atoms with E-state index in [1.807, 2.05) is 0 Å². The van der Waals surface area contributed by atoms with Crippen molar-refractivity contribution < 1.29 is 9.53 Å². The molecule has 1 saturated heterocycles. The van der Waals surface area contributed by atoms with Gasteiger partial charge in [-0.05, 0) is 0 Å². The number of rotatable bonds is 2. The molecule has 1 aliphatic rings. The van der Waals surface area contributed by atoms with Crippen LogP contribution in [0.1, 0.15) is 0 Å². The number of carbonyl (C=O) groups excluding carboxylic acids is 1. The maximum atomic E-state index is 11.3. The molecule has 1 fully saturated rings. The van der Waals surface area contributed by atoms with Gasteiger partial charge in [-0.15, -0.1) is 0 Å². The first-order chi connectivity index (χ1) is 7.15. The molecule has 0 bridgehead atoms. The third-order valence-electron chi connectivity index (χ3n) is 2.04. The van der Waals surface area contributed by atoms with Crippen molar-refractivity contribution in [2.75, 3.05) is 6.54 Å². The molecule has 7 nitrogen and oxygen atoms in total. The van der Waals surface area contributed by atoms with Gasteiger partial charge in [0.1, 0.15) is 6.10 Å². The van der Waals surface area contributed by atoms with Crippen molar-refractivity contribution in [2.24, 2.45) is 0 Å². The number of hydrogen-bond acceptors (Lipinski definition) is 4. The summed E-state index contributed by atoms with van der Waals surface area (Å²) in [5.41, 5.74) is -0.955. The number of aromatic amines is 1. The first kappa shape index (κ1) is 9.50. The van der Waals surface area contributed by atoms with E-state index in [0.717, 1.165) is 0 Å². The Balaban J connectivity index is 2.14. The summed E-state index contributed by atoms with van der Waals surface area (Å²) in [5.74, 6) is 0.